The Bertz CT molecular complexity index is 648. The number of nitrogens with zero attached hydrogens (tertiary/aromatic N) is 4. The molecule has 3 rings (SSSR count). The molecule has 1 saturated heterocycles. The van der Waals surface area contributed by atoms with E-state index >= 15 is 0 Å². The van der Waals surface area contributed by atoms with E-state index in [0.29, 0.717) is 23.3 Å². The molecule has 0 unspecified atom stereocenters. The Morgan fingerprint density at radius 1 is 1.18 bits per heavy atom. The maximum absolute atomic E-state index is 11.3. The van der Waals surface area contributed by atoms with Crippen LogP contribution in [0.2, 0.25) is 5.02 Å². The fraction of sp³-hybridized carbons (Fsp3) is 0.400. The Kier molecular flexibility index (Phi) is 4.40. The van der Waals surface area contributed by atoms with Gasteiger partial charge in [0.25, 0.3) is 0 Å². The zero-order valence-electron chi connectivity index (χ0n) is 12.3. The molecule has 1 aliphatic rings. The summed E-state index contributed by atoms with van der Waals surface area (Å²) in [5.41, 5.74) is 0.851. The van der Waals surface area contributed by atoms with Crippen LogP contribution in [0.5, 0.6) is 0 Å². The third-order valence-electron chi connectivity index (χ3n) is 3.73. The smallest absolute Gasteiger partial charge is 0.247 e. The normalized spacial score (nSPS) is 16.0. The molecule has 1 amide bonds. The predicted molar refractivity (Wildman–Crippen MR) is 82.3 cm³/mol. The number of aromatic nitrogens is 2. The van der Waals surface area contributed by atoms with Gasteiger partial charge in [-0.15, -0.1) is 10.2 Å². The van der Waals surface area contributed by atoms with E-state index in [-0.39, 0.29) is 5.91 Å². The number of amides is 1. The third kappa shape index (κ3) is 3.45. The molecule has 0 N–H and O–H groups in total. The first-order valence-corrected chi connectivity index (χ1v) is 7.56. The van der Waals surface area contributed by atoms with Crippen molar-refractivity contribution in [2.75, 3.05) is 26.2 Å². The highest BCUT2D eigenvalue weighted by Crippen LogP contribution is 2.20. The number of hydrogen-bond donors (Lipinski definition) is 0. The molecule has 0 atom stereocenters. The lowest BCUT2D eigenvalue weighted by Gasteiger charge is -2.33. The van der Waals surface area contributed by atoms with Gasteiger partial charge in [-0.3, -0.25) is 9.69 Å². The molecule has 0 aliphatic carbocycles. The molecular weight excluding hydrogens is 304 g/mol. The molecular formula is C15H17ClN4O2. The summed E-state index contributed by atoms with van der Waals surface area (Å²) in [4.78, 5) is 15.4. The highest BCUT2D eigenvalue weighted by molar-refractivity contribution is 6.30. The van der Waals surface area contributed by atoms with E-state index < -0.39 is 0 Å². The molecule has 2 heterocycles. The van der Waals surface area contributed by atoms with Crippen LogP contribution in [-0.4, -0.2) is 52.1 Å². The highest BCUT2D eigenvalue weighted by Gasteiger charge is 2.20. The van der Waals surface area contributed by atoms with Crippen LogP contribution in [0.3, 0.4) is 0 Å². The van der Waals surface area contributed by atoms with Gasteiger partial charge in [0.2, 0.25) is 17.7 Å². The average Bonchev–Trinajstić information content (AvgIpc) is 2.97. The molecule has 6 nitrogen and oxygen atoms in total. The summed E-state index contributed by atoms with van der Waals surface area (Å²) in [6, 6.07) is 7.29. The minimum atomic E-state index is 0.127. The van der Waals surface area contributed by atoms with E-state index in [2.05, 4.69) is 15.1 Å². The van der Waals surface area contributed by atoms with Crippen molar-refractivity contribution < 1.29 is 9.21 Å². The van der Waals surface area contributed by atoms with Gasteiger partial charge in [-0.05, 0) is 24.3 Å². The summed E-state index contributed by atoms with van der Waals surface area (Å²) in [5.74, 6) is 1.21. The molecule has 22 heavy (non-hydrogen) atoms. The van der Waals surface area contributed by atoms with Crippen molar-refractivity contribution >= 4 is 17.5 Å². The predicted octanol–water partition coefficient (Wildman–Crippen LogP) is 2.05. The fourth-order valence-electron chi connectivity index (χ4n) is 2.44. The highest BCUT2D eigenvalue weighted by atomic mass is 35.5. The first kappa shape index (κ1) is 15.0. The molecule has 2 aromatic rings. The first-order chi connectivity index (χ1) is 10.6. The molecule has 0 spiro atoms. The lowest BCUT2D eigenvalue weighted by Crippen LogP contribution is -2.47. The van der Waals surface area contributed by atoms with Crippen LogP contribution in [0.15, 0.2) is 28.7 Å². The molecule has 1 aromatic carbocycles. The summed E-state index contributed by atoms with van der Waals surface area (Å²) in [5, 5.41) is 8.84. The van der Waals surface area contributed by atoms with Crippen molar-refractivity contribution in [3.05, 3.63) is 35.2 Å². The van der Waals surface area contributed by atoms with Gasteiger partial charge >= 0.3 is 0 Å². The Morgan fingerprint density at radius 2 is 1.86 bits per heavy atom. The van der Waals surface area contributed by atoms with Gasteiger partial charge in [0.1, 0.15) is 0 Å². The van der Waals surface area contributed by atoms with E-state index in [1.807, 2.05) is 17.0 Å². The monoisotopic (exact) mass is 320 g/mol. The minimum Gasteiger partial charge on any atom is -0.419 e. The van der Waals surface area contributed by atoms with Crippen molar-refractivity contribution in [2.45, 2.75) is 13.5 Å². The molecule has 1 aromatic heterocycles. The first-order valence-electron chi connectivity index (χ1n) is 7.18. The Hall–Kier alpha value is -1.92. The maximum Gasteiger partial charge on any atom is 0.247 e. The minimum absolute atomic E-state index is 0.127. The second-order valence-electron chi connectivity index (χ2n) is 5.29. The second-order valence-corrected chi connectivity index (χ2v) is 5.73. The molecule has 0 bridgehead atoms. The largest absolute Gasteiger partial charge is 0.419 e. The van der Waals surface area contributed by atoms with Crippen LogP contribution in [0, 0.1) is 0 Å². The quantitative estimate of drug-likeness (QED) is 0.866. The van der Waals surface area contributed by atoms with Crippen molar-refractivity contribution in [1.29, 1.82) is 0 Å². The maximum atomic E-state index is 11.3. The molecule has 116 valence electrons. The average molecular weight is 321 g/mol. The van der Waals surface area contributed by atoms with E-state index in [1.54, 1.807) is 19.1 Å². The lowest BCUT2D eigenvalue weighted by atomic mass is 10.2. The molecule has 1 aliphatic heterocycles. The van der Waals surface area contributed by atoms with E-state index in [4.69, 9.17) is 16.0 Å². The van der Waals surface area contributed by atoms with E-state index in [0.717, 1.165) is 31.7 Å². The zero-order chi connectivity index (χ0) is 15.5. The van der Waals surface area contributed by atoms with Gasteiger partial charge in [0, 0.05) is 43.7 Å². The number of hydrogen-bond acceptors (Lipinski definition) is 5. The number of benzene rings is 1. The zero-order valence-corrected chi connectivity index (χ0v) is 13.1. The topological polar surface area (TPSA) is 62.5 Å². The molecule has 7 heteroatoms. The van der Waals surface area contributed by atoms with Gasteiger partial charge in [0.15, 0.2) is 0 Å². The molecule has 1 fully saturated rings. The van der Waals surface area contributed by atoms with E-state index in [1.165, 1.54) is 0 Å². The van der Waals surface area contributed by atoms with Crippen LogP contribution in [0.1, 0.15) is 12.8 Å². The van der Waals surface area contributed by atoms with Gasteiger partial charge in [-0.1, -0.05) is 11.6 Å². The van der Waals surface area contributed by atoms with Gasteiger partial charge in [0.05, 0.1) is 6.54 Å². The summed E-state index contributed by atoms with van der Waals surface area (Å²) in [6.45, 7) is 5.33. The molecule has 0 radical (unpaired) electrons. The summed E-state index contributed by atoms with van der Waals surface area (Å²) in [6.07, 6.45) is 0. The van der Waals surface area contributed by atoms with Crippen LogP contribution in [0.25, 0.3) is 11.5 Å². The third-order valence-corrected chi connectivity index (χ3v) is 3.99. The van der Waals surface area contributed by atoms with Crippen molar-refractivity contribution in [2.24, 2.45) is 0 Å². The molecule has 0 saturated carbocycles. The number of carbonyl (C=O) groups is 1. The summed E-state index contributed by atoms with van der Waals surface area (Å²) >= 11 is 5.87. The Morgan fingerprint density at radius 3 is 2.50 bits per heavy atom. The van der Waals surface area contributed by atoms with Crippen LogP contribution >= 0.6 is 11.6 Å². The number of carbonyl (C=O) groups excluding carboxylic acids is 1. The Balaban J connectivity index is 1.60. The SMILES string of the molecule is CC(=O)N1CCN(Cc2nnc(-c3ccc(Cl)cc3)o2)CC1. The standard InChI is InChI=1S/C15H17ClN4O2/c1-11(21)20-8-6-19(7-9-20)10-14-17-18-15(22-14)12-2-4-13(16)5-3-12/h2-5H,6-10H2,1H3. The fourth-order valence-corrected chi connectivity index (χ4v) is 2.56. The second kappa shape index (κ2) is 6.46. The van der Waals surface area contributed by atoms with Gasteiger partial charge in [-0.25, -0.2) is 0 Å². The number of halogens is 1. The van der Waals surface area contributed by atoms with Crippen LogP contribution in [-0.2, 0) is 11.3 Å². The van der Waals surface area contributed by atoms with Crippen LogP contribution < -0.4 is 0 Å². The van der Waals surface area contributed by atoms with Gasteiger partial charge in [-0.2, -0.15) is 0 Å². The van der Waals surface area contributed by atoms with Crippen LogP contribution in [0.4, 0.5) is 0 Å². The Labute approximate surface area is 133 Å². The number of piperazine rings is 1. The summed E-state index contributed by atoms with van der Waals surface area (Å²) in [7, 11) is 0. The van der Waals surface area contributed by atoms with Gasteiger partial charge < -0.3 is 9.32 Å². The lowest BCUT2D eigenvalue weighted by molar-refractivity contribution is -0.130. The number of rotatable bonds is 3. The van der Waals surface area contributed by atoms with Crippen molar-refractivity contribution in [1.82, 2.24) is 20.0 Å². The summed E-state index contributed by atoms with van der Waals surface area (Å²) < 4.78 is 5.70. The van der Waals surface area contributed by atoms with Crippen molar-refractivity contribution in [3.8, 4) is 11.5 Å². The van der Waals surface area contributed by atoms with E-state index in [9.17, 15) is 4.79 Å². The van der Waals surface area contributed by atoms with Crippen molar-refractivity contribution in [3.63, 3.8) is 0 Å².